The van der Waals surface area contributed by atoms with Crippen LogP contribution in [0.1, 0.15) is 0 Å². The molecule has 2 aromatic carbocycles. The molecule has 3 aromatic rings. The fourth-order valence-electron chi connectivity index (χ4n) is 2.39. The van der Waals surface area contributed by atoms with Gasteiger partial charge in [-0.3, -0.25) is 0 Å². The number of H-pyrrole nitrogens is 1. The number of hydrogen-bond acceptors (Lipinski definition) is 3. The molecule has 1 aliphatic rings. The zero-order valence-electron chi connectivity index (χ0n) is 10.8. The maximum Gasteiger partial charge on any atom is 0.172 e. The second-order valence-electron chi connectivity index (χ2n) is 4.70. The molecule has 4 nitrogen and oxygen atoms in total. The van der Waals surface area contributed by atoms with Crippen molar-refractivity contribution in [3.63, 3.8) is 0 Å². The highest BCUT2D eigenvalue weighted by atomic mass is 35.5. The van der Waals surface area contributed by atoms with Crippen LogP contribution in [0.5, 0.6) is 11.5 Å². The minimum Gasteiger partial charge on any atom is -0.486 e. The van der Waals surface area contributed by atoms with Gasteiger partial charge in [0.15, 0.2) is 11.5 Å². The third-order valence-corrected chi connectivity index (χ3v) is 4.07. The Kier molecular flexibility index (Phi) is 2.94. The Hall–Kier alpha value is -1.91. The summed E-state index contributed by atoms with van der Waals surface area (Å²) in [5, 5.41) is 0.978. The second kappa shape index (κ2) is 4.83. The van der Waals surface area contributed by atoms with E-state index in [-0.39, 0.29) is 0 Å². The molecule has 0 radical (unpaired) electrons. The van der Waals surface area contributed by atoms with Crippen molar-refractivity contribution in [2.24, 2.45) is 0 Å². The number of rotatable bonds is 1. The lowest BCUT2D eigenvalue weighted by atomic mass is 10.1. The molecular weight excluding hydrogens is 311 g/mol. The summed E-state index contributed by atoms with van der Waals surface area (Å²) in [5.74, 6) is 2.14. The minimum atomic E-state index is 0.483. The van der Waals surface area contributed by atoms with Crippen molar-refractivity contribution in [2.75, 3.05) is 13.2 Å². The Labute approximate surface area is 130 Å². The predicted molar refractivity (Wildman–Crippen MR) is 82.5 cm³/mol. The lowest BCUT2D eigenvalue weighted by Gasteiger charge is -2.20. The Bertz CT molecular complexity index is 806. The van der Waals surface area contributed by atoms with Gasteiger partial charge in [0.25, 0.3) is 0 Å². The van der Waals surface area contributed by atoms with Crippen molar-refractivity contribution in [3.05, 3.63) is 40.4 Å². The summed E-state index contributed by atoms with van der Waals surface area (Å²) in [5.41, 5.74) is 2.44. The van der Waals surface area contributed by atoms with Crippen molar-refractivity contribution in [1.29, 1.82) is 0 Å². The van der Waals surface area contributed by atoms with Gasteiger partial charge in [-0.15, -0.1) is 0 Å². The maximum atomic E-state index is 6.03. The highest BCUT2D eigenvalue weighted by Gasteiger charge is 2.19. The number of aromatic amines is 1. The Balaban J connectivity index is 1.91. The first-order valence-electron chi connectivity index (χ1n) is 6.46. The van der Waals surface area contributed by atoms with Gasteiger partial charge in [0.2, 0.25) is 0 Å². The van der Waals surface area contributed by atoms with Gasteiger partial charge >= 0.3 is 0 Å². The van der Waals surface area contributed by atoms with E-state index < -0.39 is 0 Å². The molecule has 0 saturated heterocycles. The lowest BCUT2D eigenvalue weighted by molar-refractivity contribution is 0.172. The number of halogens is 2. The van der Waals surface area contributed by atoms with Crippen LogP contribution in [-0.2, 0) is 0 Å². The number of nitrogens with zero attached hydrogens (tertiary/aromatic N) is 1. The predicted octanol–water partition coefficient (Wildman–Crippen LogP) is 4.31. The third-order valence-electron chi connectivity index (χ3n) is 3.35. The molecule has 2 heterocycles. The van der Waals surface area contributed by atoms with Crippen LogP contribution in [0.2, 0.25) is 10.0 Å². The van der Waals surface area contributed by atoms with Gasteiger partial charge in [-0.1, -0.05) is 29.3 Å². The van der Waals surface area contributed by atoms with Crippen LogP contribution < -0.4 is 9.47 Å². The molecule has 0 fully saturated rings. The van der Waals surface area contributed by atoms with Crippen LogP contribution in [-0.4, -0.2) is 23.2 Å². The van der Waals surface area contributed by atoms with E-state index in [1.54, 1.807) is 12.1 Å². The molecule has 0 atom stereocenters. The largest absolute Gasteiger partial charge is 0.486 e. The summed E-state index contributed by atoms with van der Waals surface area (Å²) in [6.07, 6.45) is 0. The average Bonchev–Trinajstić information content (AvgIpc) is 2.90. The van der Waals surface area contributed by atoms with E-state index in [2.05, 4.69) is 9.97 Å². The van der Waals surface area contributed by atoms with Crippen LogP contribution in [0.15, 0.2) is 30.3 Å². The van der Waals surface area contributed by atoms with Crippen molar-refractivity contribution in [2.45, 2.75) is 0 Å². The van der Waals surface area contributed by atoms with Gasteiger partial charge in [-0.2, -0.15) is 0 Å². The monoisotopic (exact) mass is 320 g/mol. The quantitative estimate of drug-likeness (QED) is 0.726. The van der Waals surface area contributed by atoms with Gasteiger partial charge in [0.05, 0.1) is 26.6 Å². The first-order valence-corrected chi connectivity index (χ1v) is 7.22. The van der Waals surface area contributed by atoms with Crippen LogP contribution in [0.4, 0.5) is 0 Å². The SMILES string of the molecule is Clc1cc2nc(-c3cccc4c3OCCO4)[nH]c2cc1Cl. The van der Waals surface area contributed by atoms with Crippen LogP contribution in [0.3, 0.4) is 0 Å². The highest BCUT2D eigenvalue weighted by Crippen LogP contribution is 2.39. The summed E-state index contributed by atoms with van der Waals surface area (Å²) in [7, 11) is 0. The van der Waals surface area contributed by atoms with Crippen LogP contribution in [0.25, 0.3) is 22.4 Å². The van der Waals surface area contributed by atoms with E-state index in [9.17, 15) is 0 Å². The fourth-order valence-corrected chi connectivity index (χ4v) is 2.71. The number of nitrogens with one attached hydrogen (secondary N) is 1. The van der Waals surface area contributed by atoms with E-state index >= 15 is 0 Å². The van der Waals surface area contributed by atoms with Crippen molar-refractivity contribution >= 4 is 34.2 Å². The van der Waals surface area contributed by atoms with Crippen LogP contribution in [0, 0.1) is 0 Å². The van der Waals surface area contributed by atoms with E-state index in [1.165, 1.54) is 0 Å². The first-order chi connectivity index (χ1) is 10.2. The normalized spacial score (nSPS) is 13.6. The topological polar surface area (TPSA) is 47.1 Å². The summed E-state index contributed by atoms with van der Waals surface area (Å²) < 4.78 is 11.3. The zero-order valence-corrected chi connectivity index (χ0v) is 12.3. The molecule has 106 valence electrons. The van der Waals surface area contributed by atoms with E-state index in [0.29, 0.717) is 34.8 Å². The van der Waals surface area contributed by atoms with Gasteiger partial charge in [0.1, 0.15) is 19.0 Å². The number of aromatic nitrogens is 2. The molecule has 0 bridgehead atoms. The third kappa shape index (κ3) is 2.11. The van der Waals surface area contributed by atoms with Gasteiger partial charge in [-0.05, 0) is 24.3 Å². The molecule has 0 unspecified atom stereocenters. The van der Waals surface area contributed by atoms with Gasteiger partial charge in [0, 0.05) is 0 Å². The number of hydrogen-bond donors (Lipinski definition) is 1. The minimum absolute atomic E-state index is 0.483. The molecule has 4 rings (SSSR count). The molecule has 1 aliphatic heterocycles. The second-order valence-corrected chi connectivity index (χ2v) is 5.51. The summed E-state index contributed by atoms with van der Waals surface area (Å²) in [4.78, 5) is 7.80. The number of fused-ring (bicyclic) bond motifs is 2. The number of imidazole rings is 1. The van der Waals surface area contributed by atoms with Crippen molar-refractivity contribution in [3.8, 4) is 22.9 Å². The molecule has 0 aliphatic carbocycles. The summed E-state index contributed by atoms with van der Waals surface area (Å²) in [6.45, 7) is 1.09. The number of para-hydroxylation sites is 1. The Morgan fingerprint density at radius 1 is 1.05 bits per heavy atom. The molecule has 0 saturated carbocycles. The highest BCUT2D eigenvalue weighted by molar-refractivity contribution is 6.42. The van der Waals surface area contributed by atoms with Gasteiger partial charge < -0.3 is 14.5 Å². The molecule has 6 heteroatoms. The number of ether oxygens (including phenoxy) is 2. The Morgan fingerprint density at radius 3 is 2.76 bits per heavy atom. The van der Waals surface area contributed by atoms with E-state index in [0.717, 1.165) is 22.3 Å². The van der Waals surface area contributed by atoms with E-state index in [1.807, 2.05) is 18.2 Å². The van der Waals surface area contributed by atoms with Crippen molar-refractivity contribution in [1.82, 2.24) is 9.97 Å². The van der Waals surface area contributed by atoms with Crippen molar-refractivity contribution < 1.29 is 9.47 Å². The number of benzene rings is 2. The molecule has 21 heavy (non-hydrogen) atoms. The molecule has 0 amide bonds. The average molecular weight is 321 g/mol. The maximum absolute atomic E-state index is 6.03. The smallest absolute Gasteiger partial charge is 0.172 e. The molecule has 1 N–H and O–H groups in total. The first kappa shape index (κ1) is 12.8. The van der Waals surface area contributed by atoms with Crippen LogP contribution >= 0.6 is 23.2 Å². The fraction of sp³-hybridized carbons (Fsp3) is 0.133. The summed E-state index contributed by atoms with van der Waals surface area (Å²) in [6, 6.07) is 9.24. The summed E-state index contributed by atoms with van der Waals surface area (Å²) >= 11 is 12.1. The molecule has 1 aromatic heterocycles. The standard InChI is InChI=1S/C15H10Cl2N2O2/c16-9-6-11-12(7-10(9)17)19-15(18-11)8-2-1-3-13-14(8)21-5-4-20-13/h1-3,6-7H,4-5H2,(H,18,19). The Morgan fingerprint density at radius 2 is 1.86 bits per heavy atom. The molecular formula is C15H10Cl2N2O2. The van der Waals surface area contributed by atoms with E-state index in [4.69, 9.17) is 32.7 Å². The molecule has 0 spiro atoms. The zero-order chi connectivity index (χ0) is 14.4. The van der Waals surface area contributed by atoms with Gasteiger partial charge in [-0.25, -0.2) is 4.98 Å². The lowest BCUT2D eigenvalue weighted by Crippen LogP contribution is -2.15.